The number of rotatable bonds is 4. The lowest BCUT2D eigenvalue weighted by molar-refractivity contribution is -0.128. The summed E-state index contributed by atoms with van der Waals surface area (Å²) < 4.78 is 1.81. The molecule has 0 amide bonds. The van der Waals surface area contributed by atoms with Crippen molar-refractivity contribution in [1.29, 1.82) is 0 Å². The smallest absolute Gasteiger partial charge is 0.209 e. The van der Waals surface area contributed by atoms with E-state index in [1.165, 1.54) is 18.2 Å². The van der Waals surface area contributed by atoms with Crippen LogP contribution in [-0.2, 0) is 4.79 Å². The van der Waals surface area contributed by atoms with Crippen LogP contribution >= 0.6 is 11.3 Å². The van der Waals surface area contributed by atoms with Gasteiger partial charge < -0.3 is 20.1 Å². The highest BCUT2D eigenvalue weighted by Gasteiger charge is 2.74. The predicted octanol–water partition coefficient (Wildman–Crippen LogP) is 2.43. The Bertz CT molecular complexity index is 1330. The summed E-state index contributed by atoms with van der Waals surface area (Å²) in [6.07, 6.45) is 3.40. The summed E-state index contributed by atoms with van der Waals surface area (Å²) >= 11 is 1.62. The first kappa shape index (κ1) is 20.8. The van der Waals surface area contributed by atoms with Gasteiger partial charge in [-0.15, -0.1) is 11.3 Å². The van der Waals surface area contributed by atoms with E-state index in [1.54, 1.807) is 22.2 Å². The number of thiophene rings is 1. The molecule has 6 rings (SSSR count). The molecule has 3 heterocycles. The van der Waals surface area contributed by atoms with Crippen LogP contribution in [0.3, 0.4) is 0 Å². The van der Waals surface area contributed by atoms with Crippen LogP contribution in [0.5, 0.6) is 0 Å². The molecule has 8 nitrogen and oxygen atoms in total. The van der Waals surface area contributed by atoms with E-state index in [1.807, 2.05) is 19.1 Å². The molecule has 0 spiro atoms. The fraction of sp³-hybridized carbons (Fsp3) is 0.500. The van der Waals surface area contributed by atoms with Crippen LogP contribution in [0.4, 0.5) is 5.82 Å². The minimum atomic E-state index is -1.09. The lowest BCUT2D eigenvalue weighted by atomic mass is 9.93. The normalized spacial score (nSPS) is 30.4. The van der Waals surface area contributed by atoms with Crippen molar-refractivity contribution in [3.8, 4) is 11.8 Å². The maximum Gasteiger partial charge on any atom is 0.209 e. The van der Waals surface area contributed by atoms with Gasteiger partial charge >= 0.3 is 0 Å². The molecule has 3 fully saturated rings. The van der Waals surface area contributed by atoms with Crippen molar-refractivity contribution in [1.82, 2.24) is 19.5 Å². The van der Waals surface area contributed by atoms with E-state index in [4.69, 9.17) is 4.98 Å². The Hall–Kier alpha value is -2.80. The molecule has 9 heteroatoms. The fourth-order valence-corrected chi connectivity index (χ4v) is 6.15. The molecular formula is C24H25N5O3S. The zero-order chi connectivity index (χ0) is 22.9. The highest BCUT2D eigenvalue weighted by molar-refractivity contribution is 7.12. The zero-order valence-electron chi connectivity index (χ0n) is 18.4. The van der Waals surface area contributed by atoms with Gasteiger partial charge in [-0.3, -0.25) is 4.79 Å². The van der Waals surface area contributed by atoms with Crippen LogP contribution < -0.4 is 5.32 Å². The molecule has 3 aliphatic carbocycles. The van der Waals surface area contributed by atoms with Crippen LogP contribution in [0.15, 0.2) is 18.5 Å². The Morgan fingerprint density at radius 2 is 2.09 bits per heavy atom. The Morgan fingerprint density at radius 1 is 1.27 bits per heavy atom. The first-order valence-electron chi connectivity index (χ1n) is 11.4. The van der Waals surface area contributed by atoms with Crippen molar-refractivity contribution in [2.75, 3.05) is 5.32 Å². The first-order valence-corrected chi connectivity index (χ1v) is 12.2. The Labute approximate surface area is 195 Å². The van der Waals surface area contributed by atoms with Crippen LogP contribution in [0.1, 0.15) is 54.2 Å². The molecule has 0 radical (unpaired) electrons. The van der Waals surface area contributed by atoms with Crippen molar-refractivity contribution in [3.05, 3.63) is 34.0 Å². The number of aromatic nitrogens is 4. The van der Waals surface area contributed by atoms with Gasteiger partial charge in [0.05, 0.1) is 28.8 Å². The molecule has 33 heavy (non-hydrogen) atoms. The molecule has 0 saturated heterocycles. The van der Waals surface area contributed by atoms with Crippen molar-refractivity contribution in [2.45, 2.75) is 63.8 Å². The SMILES string of the molecule is CC(=O)[C@@]12CC1[C@@H](n1cnc3c(NC4CCC4)nc(C#Cc4ccc(C)s4)nc31)[C@H](O)C2O. The number of ketones is 1. The maximum atomic E-state index is 12.3. The lowest BCUT2D eigenvalue weighted by Crippen LogP contribution is -2.36. The van der Waals surface area contributed by atoms with Gasteiger partial charge in [-0.05, 0) is 69.4 Å². The highest BCUT2D eigenvalue weighted by Crippen LogP contribution is 2.68. The average Bonchev–Trinajstić information content (AvgIpc) is 3.01. The molecule has 0 bridgehead atoms. The Morgan fingerprint density at radius 3 is 2.73 bits per heavy atom. The number of fused-ring (bicyclic) bond motifs is 2. The molecule has 3 N–H and O–H groups in total. The van der Waals surface area contributed by atoms with Gasteiger partial charge in [0, 0.05) is 10.9 Å². The average molecular weight is 464 g/mol. The highest BCUT2D eigenvalue weighted by atomic mass is 32.1. The summed E-state index contributed by atoms with van der Waals surface area (Å²) in [4.78, 5) is 28.3. The molecule has 3 aromatic rings. The van der Waals surface area contributed by atoms with E-state index < -0.39 is 23.7 Å². The van der Waals surface area contributed by atoms with Gasteiger partial charge in [-0.1, -0.05) is 0 Å². The van der Waals surface area contributed by atoms with Gasteiger partial charge in [-0.25, -0.2) is 15.0 Å². The van der Waals surface area contributed by atoms with Crippen molar-refractivity contribution >= 4 is 34.1 Å². The number of anilines is 1. The summed E-state index contributed by atoms with van der Waals surface area (Å²) in [5.74, 6) is 7.02. The number of hydrogen-bond acceptors (Lipinski definition) is 8. The molecule has 5 atom stereocenters. The number of carbonyl (C=O) groups excluding carboxylic acids is 1. The number of carbonyl (C=O) groups is 1. The van der Waals surface area contributed by atoms with Crippen molar-refractivity contribution < 1.29 is 15.0 Å². The summed E-state index contributed by atoms with van der Waals surface area (Å²) in [5.41, 5.74) is 0.309. The van der Waals surface area contributed by atoms with Crippen LogP contribution in [-0.4, -0.2) is 53.8 Å². The standard InChI is InChI=1S/C24H25N5O3S/c1-12-6-7-15(33-12)8-9-17-27-22(26-14-4-3-5-14)18-23(28-17)29(11-25-18)19-16-10-24(16,13(2)30)21(32)20(19)31/h6-7,11,14,16,19-21,31-32H,3-5,10H2,1-2H3,(H,26,27,28)/t16?,19-,20+,21?,24+/m1/s1. The number of hydrogen-bond donors (Lipinski definition) is 3. The summed E-state index contributed by atoms with van der Waals surface area (Å²) in [6.45, 7) is 3.53. The quantitative estimate of drug-likeness (QED) is 0.509. The predicted molar refractivity (Wildman–Crippen MR) is 124 cm³/mol. The molecular weight excluding hydrogens is 438 g/mol. The fourth-order valence-electron chi connectivity index (χ4n) is 5.43. The number of aryl methyl sites for hydroxylation is 1. The number of aliphatic hydroxyl groups is 2. The molecule has 0 aliphatic heterocycles. The molecule has 2 unspecified atom stereocenters. The maximum absolute atomic E-state index is 12.3. The molecule has 0 aromatic carbocycles. The topological polar surface area (TPSA) is 113 Å². The van der Waals surface area contributed by atoms with E-state index in [-0.39, 0.29) is 11.7 Å². The zero-order valence-corrected chi connectivity index (χ0v) is 19.3. The summed E-state index contributed by atoms with van der Waals surface area (Å²) in [5, 5.41) is 25.0. The van der Waals surface area contributed by atoms with Gasteiger partial charge in [0.1, 0.15) is 11.9 Å². The van der Waals surface area contributed by atoms with E-state index >= 15 is 0 Å². The number of nitrogens with zero attached hydrogens (tertiary/aromatic N) is 4. The third-order valence-corrected chi connectivity index (χ3v) is 8.47. The van der Waals surface area contributed by atoms with Crippen molar-refractivity contribution in [2.24, 2.45) is 11.3 Å². The Kier molecular flexibility index (Phi) is 4.63. The van der Waals surface area contributed by atoms with Gasteiger partial charge in [0.25, 0.3) is 0 Å². The van der Waals surface area contributed by atoms with Crippen LogP contribution in [0, 0.1) is 30.1 Å². The number of imidazole rings is 1. The van der Waals surface area contributed by atoms with Crippen LogP contribution in [0.25, 0.3) is 11.2 Å². The molecule has 3 aromatic heterocycles. The second kappa shape index (κ2) is 7.35. The second-order valence-electron chi connectivity index (χ2n) is 9.49. The van der Waals surface area contributed by atoms with Gasteiger partial charge in [-0.2, -0.15) is 0 Å². The minimum absolute atomic E-state index is 0.0780. The minimum Gasteiger partial charge on any atom is -0.389 e. The van der Waals surface area contributed by atoms with E-state index in [0.717, 1.165) is 17.7 Å². The van der Waals surface area contributed by atoms with Gasteiger partial charge in [0.2, 0.25) is 5.82 Å². The van der Waals surface area contributed by atoms with Crippen molar-refractivity contribution in [3.63, 3.8) is 0 Å². The largest absolute Gasteiger partial charge is 0.389 e. The molecule has 3 aliphatic rings. The lowest BCUT2D eigenvalue weighted by Gasteiger charge is -2.27. The number of aliphatic hydroxyl groups excluding tert-OH is 2. The van der Waals surface area contributed by atoms with E-state index in [2.05, 4.69) is 27.1 Å². The van der Waals surface area contributed by atoms with E-state index in [9.17, 15) is 15.0 Å². The molecule has 170 valence electrons. The van der Waals surface area contributed by atoms with Crippen LogP contribution in [0.2, 0.25) is 0 Å². The molecule has 3 saturated carbocycles. The second-order valence-corrected chi connectivity index (χ2v) is 10.8. The Balaban J connectivity index is 1.44. The van der Waals surface area contributed by atoms with Gasteiger partial charge in [0.15, 0.2) is 17.0 Å². The summed E-state index contributed by atoms with van der Waals surface area (Å²) in [6, 6.07) is 3.89. The third-order valence-electron chi connectivity index (χ3n) is 7.55. The first-order chi connectivity index (χ1) is 15.9. The summed E-state index contributed by atoms with van der Waals surface area (Å²) in [7, 11) is 0. The number of Topliss-reactive ketones (excluding diaryl/α,β-unsaturated/α-hetero) is 1. The monoisotopic (exact) mass is 463 g/mol. The van der Waals surface area contributed by atoms with E-state index in [0.29, 0.717) is 35.3 Å². The third kappa shape index (κ3) is 3.12. The number of nitrogens with one attached hydrogen (secondary N) is 1.